The lowest BCUT2D eigenvalue weighted by molar-refractivity contribution is -0.139. The van der Waals surface area contributed by atoms with E-state index in [4.69, 9.17) is 5.11 Å². The van der Waals surface area contributed by atoms with Gasteiger partial charge in [-0.05, 0) is 19.4 Å². The van der Waals surface area contributed by atoms with Crippen LogP contribution in [0.5, 0.6) is 0 Å². The Morgan fingerprint density at radius 2 is 2.00 bits per heavy atom. The highest BCUT2D eigenvalue weighted by Crippen LogP contribution is 2.25. The van der Waals surface area contributed by atoms with Gasteiger partial charge < -0.3 is 15.7 Å². The van der Waals surface area contributed by atoms with Crippen LogP contribution in [-0.4, -0.2) is 57.0 Å². The predicted molar refractivity (Wildman–Crippen MR) is 106 cm³/mol. The molecule has 1 aromatic carbocycles. The van der Waals surface area contributed by atoms with Crippen LogP contribution in [0, 0.1) is 0 Å². The fourth-order valence-electron chi connectivity index (χ4n) is 3.59. The van der Waals surface area contributed by atoms with E-state index in [1.165, 1.54) is 0 Å². The Hall–Kier alpha value is -2.87. The van der Waals surface area contributed by atoms with Crippen LogP contribution < -0.4 is 10.6 Å². The van der Waals surface area contributed by atoms with Crippen molar-refractivity contribution in [2.75, 3.05) is 13.1 Å². The highest BCUT2D eigenvalue weighted by Gasteiger charge is 2.34. The van der Waals surface area contributed by atoms with E-state index in [1.807, 2.05) is 55.4 Å². The fourth-order valence-corrected chi connectivity index (χ4v) is 3.59. The molecule has 1 aromatic heterocycles. The Morgan fingerprint density at radius 3 is 2.64 bits per heavy atom. The summed E-state index contributed by atoms with van der Waals surface area (Å²) in [4.78, 5) is 25.1. The van der Waals surface area contributed by atoms with Gasteiger partial charge in [0.15, 0.2) is 0 Å². The zero-order chi connectivity index (χ0) is 20.1. The van der Waals surface area contributed by atoms with Crippen molar-refractivity contribution in [2.24, 2.45) is 7.05 Å². The number of carbonyl (C=O) groups excluding carboxylic acids is 1. The average molecular weight is 385 g/mol. The zero-order valence-electron chi connectivity index (χ0n) is 16.3. The summed E-state index contributed by atoms with van der Waals surface area (Å²) in [6, 6.07) is 9.96. The minimum absolute atomic E-state index is 0.0450. The second-order valence-electron chi connectivity index (χ2n) is 7.15. The predicted octanol–water partition coefficient (Wildman–Crippen LogP) is 1.82. The van der Waals surface area contributed by atoms with E-state index in [-0.39, 0.29) is 24.7 Å². The van der Waals surface area contributed by atoms with Crippen LogP contribution in [0.3, 0.4) is 0 Å². The lowest BCUT2D eigenvalue weighted by atomic mass is 9.85. The maximum absolute atomic E-state index is 12.2. The zero-order valence-corrected chi connectivity index (χ0v) is 16.3. The number of aromatic nitrogens is 2. The number of nitrogens with one attached hydrogen (secondary N) is 2. The van der Waals surface area contributed by atoms with E-state index < -0.39 is 5.97 Å². The molecule has 0 bridgehead atoms. The van der Waals surface area contributed by atoms with Crippen LogP contribution in [0.15, 0.2) is 36.5 Å². The van der Waals surface area contributed by atoms with Crippen LogP contribution >= 0.6 is 0 Å². The lowest BCUT2D eigenvalue weighted by Crippen LogP contribution is -2.56. The summed E-state index contributed by atoms with van der Waals surface area (Å²) in [5.74, 6) is -0.818. The lowest BCUT2D eigenvalue weighted by Gasteiger charge is -2.42. The minimum Gasteiger partial charge on any atom is -0.480 e. The Morgan fingerprint density at radius 1 is 1.29 bits per heavy atom. The third-order valence-electron chi connectivity index (χ3n) is 5.10. The van der Waals surface area contributed by atoms with Crippen LogP contribution in [0.4, 0.5) is 4.79 Å². The smallest absolute Gasteiger partial charge is 0.317 e. The van der Waals surface area contributed by atoms with Gasteiger partial charge in [-0.1, -0.05) is 37.3 Å². The van der Waals surface area contributed by atoms with Crippen molar-refractivity contribution in [2.45, 2.75) is 38.4 Å². The van der Waals surface area contributed by atoms with Gasteiger partial charge in [0.2, 0.25) is 0 Å². The molecule has 3 rings (SSSR count). The summed E-state index contributed by atoms with van der Waals surface area (Å²) in [7, 11) is 1.86. The molecule has 28 heavy (non-hydrogen) atoms. The first-order chi connectivity index (χ1) is 13.5. The molecule has 0 saturated heterocycles. The van der Waals surface area contributed by atoms with Gasteiger partial charge in [-0.15, -0.1) is 0 Å². The molecule has 8 heteroatoms. The fraction of sp³-hybridized carbons (Fsp3) is 0.450. The molecule has 0 aliphatic heterocycles. The average Bonchev–Trinajstić information content (AvgIpc) is 3.02. The van der Waals surface area contributed by atoms with Crippen molar-refractivity contribution in [1.29, 1.82) is 0 Å². The van der Waals surface area contributed by atoms with Crippen LogP contribution in [0.2, 0.25) is 0 Å². The van der Waals surface area contributed by atoms with Crippen molar-refractivity contribution < 1.29 is 14.7 Å². The molecule has 150 valence electrons. The number of urea groups is 1. The summed E-state index contributed by atoms with van der Waals surface area (Å²) in [6.07, 6.45) is 3.46. The van der Waals surface area contributed by atoms with Crippen molar-refractivity contribution in [3.63, 3.8) is 0 Å². The summed E-state index contributed by atoms with van der Waals surface area (Å²) in [6.45, 7) is 3.08. The first-order valence-electron chi connectivity index (χ1n) is 9.54. The van der Waals surface area contributed by atoms with E-state index in [1.54, 1.807) is 4.68 Å². The van der Waals surface area contributed by atoms with Gasteiger partial charge in [0, 0.05) is 43.0 Å². The van der Waals surface area contributed by atoms with Gasteiger partial charge in [0.25, 0.3) is 0 Å². The van der Waals surface area contributed by atoms with Crippen molar-refractivity contribution in [3.05, 3.63) is 42.1 Å². The largest absolute Gasteiger partial charge is 0.480 e. The van der Waals surface area contributed by atoms with E-state index in [9.17, 15) is 9.59 Å². The van der Waals surface area contributed by atoms with Crippen LogP contribution in [-0.2, 0) is 18.4 Å². The first kappa shape index (κ1) is 19.9. The van der Waals surface area contributed by atoms with Gasteiger partial charge >= 0.3 is 12.0 Å². The normalized spacial score (nSPS) is 18.5. The van der Waals surface area contributed by atoms with Gasteiger partial charge in [-0.25, -0.2) is 4.79 Å². The van der Waals surface area contributed by atoms with Crippen molar-refractivity contribution in [1.82, 2.24) is 25.3 Å². The number of likely N-dealkylation sites (N-methyl/N-ethyl adjacent to an activating group) is 1. The molecule has 3 N–H and O–H groups in total. The molecular weight excluding hydrogens is 358 g/mol. The quantitative estimate of drug-likeness (QED) is 0.644. The molecule has 2 amide bonds. The number of hydrogen-bond acceptors (Lipinski definition) is 4. The number of carboxylic acids is 1. The second kappa shape index (κ2) is 8.88. The van der Waals surface area contributed by atoms with Gasteiger partial charge in [-0.3, -0.25) is 14.4 Å². The number of aryl methyl sites for hydroxylation is 1. The number of aliphatic carboxylic acids is 1. The van der Waals surface area contributed by atoms with E-state index in [2.05, 4.69) is 15.7 Å². The number of amides is 2. The summed E-state index contributed by atoms with van der Waals surface area (Å²) >= 11 is 0. The van der Waals surface area contributed by atoms with Gasteiger partial charge in [-0.2, -0.15) is 5.10 Å². The molecule has 1 aliphatic rings. The Balaban J connectivity index is 1.48. The Bertz CT molecular complexity index is 815. The number of carboxylic acid groups (broad SMARTS) is 1. The topological polar surface area (TPSA) is 99.5 Å². The number of hydrogen-bond donors (Lipinski definition) is 3. The highest BCUT2D eigenvalue weighted by atomic mass is 16.4. The Kier molecular flexibility index (Phi) is 6.30. The summed E-state index contributed by atoms with van der Waals surface area (Å²) in [5, 5.41) is 19.3. The highest BCUT2D eigenvalue weighted by molar-refractivity contribution is 5.75. The SMILES string of the molecule is CCN(CC(=O)O)C1CC(NC(=O)NCc2cn(C)nc2-c2ccccc2)C1. The molecule has 0 atom stereocenters. The standard InChI is InChI=1S/C20H27N5O3/c1-3-25(13-18(26)27)17-9-16(10-17)22-20(28)21-11-15-12-24(2)23-19(15)14-7-5-4-6-8-14/h4-8,12,16-17H,3,9-11,13H2,1-2H3,(H,26,27)(H2,21,22,28). The van der Waals surface area contributed by atoms with Crippen LogP contribution in [0.1, 0.15) is 25.3 Å². The maximum atomic E-state index is 12.2. The molecule has 0 radical (unpaired) electrons. The van der Waals surface area contributed by atoms with Gasteiger partial charge in [0.1, 0.15) is 0 Å². The van der Waals surface area contributed by atoms with E-state index >= 15 is 0 Å². The molecule has 0 spiro atoms. The third-order valence-corrected chi connectivity index (χ3v) is 5.10. The monoisotopic (exact) mass is 385 g/mol. The van der Waals surface area contributed by atoms with Crippen molar-refractivity contribution >= 4 is 12.0 Å². The third kappa shape index (κ3) is 4.89. The number of carbonyl (C=O) groups is 2. The molecule has 1 aliphatic carbocycles. The maximum Gasteiger partial charge on any atom is 0.317 e. The first-order valence-corrected chi connectivity index (χ1v) is 9.54. The molecule has 1 fully saturated rings. The summed E-state index contributed by atoms with van der Waals surface area (Å²) < 4.78 is 1.75. The molecule has 2 aromatic rings. The van der Waals surface area contributed by atoms with Crippen molar-refractivity contribution in [3.8, 4) is 11.3 Å². The second-order valence-corrected chi connectivity index (χ2v) is 7.15. The minimum atomic E-state index is -0.818. The number of rotatable bonds is 8. The number of nitrogens with zero attached hydrogens (tertiary/aromatic N) is 3. The molecular formula is C20H27N5O3. The molecule has 0 unspecified atom stereocenters. The van der Waals surface area contributed by atoms with Crippen LogP contribution in [0.25, 0.3) is 11.3 Å². The van der Waals surface area contributed by atoms with Gasteiger partial charge in [0.05, 0.1) is 12.2 Å². The molecule has 1 heterocycles. The molecule has 1 saturated carbocycles. The van der Waals surface area contributed by atoms with E-state index in [0.29, 0.717) is 13.1 Å². The van der Waals surface area contributed by atoms with E-state index in [0.717, 1.165) is 29.7 Å². The Labute approximate surface area is 164 Å². The summed E-state index contributed by atoms with van der Waals surface area (Å²) in [5.41, 5.74) is 2.83. The number of benzene rings is 1. The molecule has 8 nitrogen and oxygen atoms in total.